The molecule has 0 atom stereocenters. The van der Waals surface area contributed by atoms with Crippen LogP contribution in [0.4, 0.5) is 0 Å². The molecular formula is C13H14N2O2S. The topological polar surface area (TPSA) is 47.0 Å². The van der Waals surface area contributed by atoms with Crippen LogP contribution in [0.1, 0.15) is 13.3 Å². The quantitative estimate of drug-likeness (QED) is 0.862. The van der Waals surface area contributed by atoms with E-state index in [1.165, 1.54) is 6.07 Å². The van der Waals surface area contributed by atoms with Crippen LogP contribution in [0.25, 0.3) is 5.69 Å². The van der Waals surface area contributed by atoms with Gasteiger partial charge in [0.1, 0.15) is 5.75 Å². The number of hydrogen-bond acceptors (Lipinski definition) is 3. The number of ether oxygens (including phenoxy) is 1. The first-order valence-corrected chi connectivity index (χ1v) is 6.17. The highest BCUT2D eigenvalue weighted by Gasteiger charge is 1.98. The molecule has 0 amide bonds. The maximum atomic E-state index is 11.1. The van der Waals surface area contributed by atoms with Gasteiger partial charge in [0, 0.05) is 18.0 Å². The Balaban J connectivity index is 2.29. The molecule has 0 radical (unpaired) electrons. The Bertz CT molecular complexity index is 628. The van der Waals surface area contributed by atoms with Crippen LogP contribution in [0.3, 0.4) is 0 Å². The number of nitrogens with zero attached hydrogens (tertiary/aromatic N) is 1. The van der Waals surface area contributed by atoms with Gasteiger partial charge in [-0.3, -0.25) is 14.3 Å². The number of benzene rings is 1. The Labute approximate surface area is 110 Å². The van der Waals surface area contributed by atoms with Crippen molar-refractivity contribution < 1.29 is 4.74 Å². The Hall–Kier alpha value is -1.88. The SMILES string of the molecule is CCCOc1ccc(-n2ccc(=O)[nH]c2=S)cc1. The van der Waals surface area contributed by atoms with Gasteiger partial charge in [0.05, 0.1) is 6.61 Å². The number of aromatic amines is 1. The average Bonchev–Trinajstić information content (AvgIpc) is 2.37. The third-order valence-corrected chi connectivity index (χ3v) is 2.71. The Kier molecular flexibility index (Phi) is 3.94. The monoisotopic (exact) mass is 262 g/mol. The normalized spacial score (nSPS) is 10.3. The van der Waals surface area contributed by atoms with E-state index in [-0.39, 0.29) is 5.56 Å². The summed E-state index contributed by atoms with van der Waals surface area (Å²) in [4.78, 5) is 13.7. The van der Waals surface area contributed by atoms with Gasteiger partial charge in [-0.1, -0.05) is 6.92 Å². The van der Waals surface area contributed by atoms with Crippen LogP contribution in [0.5, 0.6) is 5.75 Å². The van der Waals surface area contributed by atoms with E-state index in [2.05, 4.69) is 11.9 Å². The molecule has 0 bridgehead atoms. The van der Waals surface area contributed by atoms with Crippen LogP contribution in [-0.4, -0.2) is 16.2 Å². The lowest BCUT2D eigenvalue weighted by molar-refractivity contribution is 0.317. The molecule has 0 fully saturated rings. The molecule has 1 N–H and O–H groups in total. The van der Waals surface area contributed by atoms with Crippen molar-refractivity contribution in [3.05, 3.63) is 51.7 Å². The molecule has 0 unspecified atom stereocenters. The third kappa shape index (κ3) is 2.87. The van der Waals surface area contributed by atoms with Crippen molar-refractivity contribution in [3.63, 3.8) is 0 Å². The van der Waals surface area contributed by atoms with Crippen molar-refractivity contribution in [2.24, 2.45) is 0 Å². The molecule has 0 saturated heterocycles. The Morgan fingerprint density at radius 1 is 1.28 bits per heavy atom. The minimum Gasteiger partial charge on any atom is -0.494 e. The smallest absolute Gasteiger partial charge is 0.251 e. The largest absolute Gasteiger partial charge is 0.494 e. The summed E-state index contributed by atoms with van der Waals surface area (Å²) < 4.78 is 7.62. The van der Waals surface area contributed by atoms with Gasteiger partial charge >= 0.3 is 0 Å². The van der Waals surface area contributed by atoms with Gasteiger partial charge in [-0.05, 0) is 42.9 Å². The van der Waals surface area contributed by atoms with Crippen molar-refractivity contribution in [2.75, 3.05) is 6.61 Å². The lowest BCUT2D eigenvalue weighted by atomic mass is 10.3. The van der Waals surface area contributed by atoms with Crippen LogP contribution in [0.15, 0.2) is 41.3 Å². The first-order valence-electron chi connectivity index (χ1n) is 5.76. The molecule has 1 aromatic heterocycles. The van der Waals surface area contributed by atoms with Gasteiger partial charge in [0.15, 0.2) is 4.77 Å². The zero-order valence-electron chi connectivity index (χ0n) is 10.1. The van der Waals surface area contributed by atoms with Crippen LogP contribution in [0, 0.1) is 4.77 Å². The minimum atomic E-state index is -0.195. The van der Waals surface area contributed by atoms with Crippen molar-refractivity contribution >= 4 is 12.2 Å². The Morgan fingerprint density at radius 2 is 2.00 bits per heavy atom. The van der Waals surface area contributed by atoms with Crippen molar-refractivity contribution in [3.8, 4) is 11.4 Å². The van der Waals surface area contributed by atoms with Gasteiger partial charge in [-0.25, -0.2) is 0 Å². The fraction of sp³-hybridized carbons (Fsp3) is 0.231. The number of H-pyrrole nitrogens is 1. The van der Waals surface area contributed by atoms with Crippen LogP contribution < -0.4 is 10.3 Å². The fourth-order valence-electron chi connectivity index (χ4n) is 1.54. The van der Waals surface area contributed by atoms with E-state index in [9.17, 15) is 4.79 Å². The second-order valence-corrected chi connectivity index (χ2v) is 4.21. The van der Waals surface area contributed by atoms with E-state index in [1.807, 2.05) is 24.3 Å². The molecule has 2 aromatic rings. The average molecular weight is 262 g/mol. The van der Waals surface area contributed by atoms with Gasteiger partial charge in [-0.15, -0.1) is 0 Å². The summed E-state index contributed by atoms with van der Waals surface area (Å²) in [5.41, 5.74) is 0.694. The molecule has 1 heterocycles. The molecule has 5 heteroatoms. The zero-order chi connectivity index (χ0) is 13.0. The van der Waals surface area contributed by atoms with Gasteiger partial charge in [-0.2, -0.15) is 0 Å². The first kappa shape index (κ1) is 12.6. The second-order valence-electron chi connectivity index (χ2n) is 3.82. The van der Waals surface area contributed by atoms with Crippen LogP contribution in [0.2, 0.25) is 0 Å². The van der Waals surface area contributed by atoms with E-state index in [0.717, 1.165) is 17.9 Å². The highest BCUT2D eigenvalue weighted by Crippen LogP contribution is 2.15. The van der Waals surface area contributed by atoms with Crippen molar-refractivity contribution in [1.29, 1.82) is 0 Å². The molecule has 2 rings (SSSR count). The summed E-state index contributed by atoms with van der Waals surface area (Å²) in [5.74, 6) is 0.830. The molecule has 94 valence electrons. The molecule has 1 aromatic carbocycles. The highest BCUT2D eigenvalue weighted by atomic mass is 32.1. The maximum Gasteiger partial charge on any atom is 0.251 e. The lowest BCUT2D eigenvalue weighted by Gasteiger charge is -2.08. The lowest BCUT2D eigenvalue weighted by Crippen LogP contribution is -2.09. The molecular weight excluding hydrogens is 248 g/mol. The van der Waals surface area contributed by atoms with E-state index in [4.69, 9.17) is 17.0 Å². The summed E-state index contributed by atoms with van der Waals surface area (Å²) in [7, 11) is 0. The maximum absolute atomic E-state index is 11.1. The predicted octanol–water partition coefficient (Wildman–Crippen LogP) is 2.68. The number of hydrogen-bond donors (Lipinski definition) is 1. The molecule has 0 spiro atoms. The van der Waals surface area contributed by atoms with E-state index in [0.29, 0.717) is 11.4 Å². The number of nitrogens with one attached hydrogen (secondary N) is 1. The van der Waals surface area contributed by atoms with Crippen molar-refractivity contribution in [1.82, 2.24) is 9.55 Å². The van der Waals surface area contributed by atoms with Gasteiger partial charge in [0.2, 0.25) is 0 Å². The second kappa shape index (κ2) is 5.64. The molecule has 18 heavy (non-hydrogen) atoms. The number of rotatable bonds is 4. The number of aromatic nitrogens is 2. The van der Waals surface area contributed by atoms with Gasteiger partial charge in [0.25, 0.3) is 5.56 Å². The molecule has 4 nitrogen and oxygen atoms in total. The first-order chi connectivity index (χ1) is 8.70. The van der Waals surface area contributed by atoms with Crippen LogP contribution in [-0.2, 0) is 0 Å². The zero-order valence-corrected chi connectivity index (χ0v) is 10.9. The fourth-order valence-corrected chi connectivity index (χ4v) is 1.81. The van der Waals surface area contributed by atoms with E-state index in [1.54, 1.807) is 10.8 Å². The van der Waals surface area contributed by atoms with E-state index >= 15 is 0 Å². The summed E-state index contributed by atoms with van der Waals surface area (Å²) in [6.45, 7) is 2.77. The molecule has 0 aliphatic heterocycles. The highest BCUT2D eigenvalue weighted by molar-refractivity contribution is 7.71. The van der Waals surface area contributed by atoms with Gasteiger partial charge < -0.3 is 4.74 Å². The minimum absolute atomic E-state index is 0.195. The third-order valence-electron chi connectivity index (χ3n) is 2.41. The summed E-state index contributed by atoms with van der Waals surface area (Å²) in [5, 5.41) is 0. The molecule has 0 saturated carbocycles. The summed E-state index contributed by atoms with van der Waals surface area (Å²) in [6, 6.07) is 9.02. The van der Waals surface area contributed by atoms with Crippen LogP contribution >= 0.6 is 12.2 Å². The molecule has 0 aliphatic rings. The standard InChI is InChI=1S/C13H14N2O2S/c1-2-9-17-11-5-3-10(4-6-11)15-8-7-12(16)14-13(15)18/h3-8H,2,9H2,1H3,(H,14,16,18). The summed E-state index contributed by atoms with van der Waals surface area (Å²) >= 11 is 5.10. The summed E-state index contributed by atoms with van der Waals surface area (Å²) in [6.07, 6.45) is 2.63. The predicted molar refractivity (Wildman–Crippen MR) is 73.0 cm³/mol. The van der Waals surface area contributed by atoms with Crippen molar-refractivity contribution in [2.45, 2.75) is 13.3 Å². The van der Waals surface area contributed by atoms with E-state index < -0.39 is 0 Å². The Morgan fingerprint density at radius 3 is 2.61 bits per heavy atom. The molecule has 0 aliphatic carbocycles.